The van der Waals surface area contributed by atoms with Gasteiger partial charge in [-0.05, 0) is 27.7 Å². The highest BCUT2D eigenvalue weighted by Crippen LogP contribution is 2.19. The lowest BCUT2D eigenvalue weighted by atomic mass is 10.2. The molecular weight excluding hydrogens is 258 g/mol. The Bertz CT molecular complexity index is 322. The van der Waals surface area contributed by atoms with Gasteiger partial charge in [0.1, 0.15) is 11.6 Å². The summed E-state index contributed by atoms with van der Waals surface area (Å²) < 4.78 is 5.56. The number of aromatic nitrogens is 2. The number of hydrogen-bond donors (Lipinski definition) is 0. The van der Waals surface area contributed by atoms with Crippen molar-refractivity contribution in [2.45, 2.75) is 45.7 Å². The van der Waals surface area contributed by atoms with E-state index in [1.54, 1.807) is 0 Å². The summed E-state index contributed by atoms with van der Waals surface area (Å²) >= 11 is 7.06. The summed E-state index contributed by atoms with van der Waals surface area (Å²) in [6.45, 7) is 10.3. The molecular formula is C11H20ClN3OS. The van der Waals surface area contributed by atoms with Gasteiger partial charge in [-0.25, -0.2) is 0 Å². The molecule has 0 aliphatic heterocycles. The fourth-order valence-corrected chi connectivity index (χ4v) is 2.48. The van der Waals surface area contributed by atoms with E-state index in [0.29, 0.717) is 29.8 Å². The summed E-state index contributed by atoms with van der Waals surface area (Å²) in [4.78, 5) is 2.38. The first kappa shape index (κ1) is 14.7. The molecule has 98 valence electrons. The van der Waals surface area contributed by atoms with Crippen molar-refractivity contribution in [1.29, 1.82) is 0 Å². The molecule has 1 heterocycles. The molecule has 0 aliphatic carbocycles. The van der Waals surface area contributed by atoms with Crippen LogP contribution in [0.1, 0.15) is 32.7 Å². The van der Waals surface area contributed by atoms with Crippen LogP contribution in [0.5, 0.6) is 5.19 Å². The lowest BCUT2D eigenvalue weighted by molar-refractivity contribution is 0.141. The largest absolute Gasteiger partial charge is 0.468 e. The number of nitrogens with zero attached hydrogens (tertiary/aromatic N) is 3. The van der Waals surface area contributed by atoms with Crippen LogP contribution in [0.25, 0.3) is 0 Å². The molecule has 0 radical (unpaired) electrons. The van der Waals surface area contributed by atoms with E-state index in [2.05, 4.69) is 42.8 Å². The van der Waals surface area contributed by atoms with Crippen LogP contribution in [-0.4, -0.2) is 40.3 Å². The maximum absolute atomic E-state index is 5.65. The van der Waals surface area contributed by atoms with E-state index >= 15 is 0 Å². The Morgan fingerprint density at radius 2 is 1.88 bits per heavy atom. The van der Waals surface area contributed by atoms with Gasteiger partial charge in [0.25, 0.3) is 5.19 Å². The molecule has 0 aliphatic rings. The fraction of sp³-hybridized carbons (Fsp3) is 0.818. The second kappa shape index (κ2) is 7.13. The Morgan fingerprint density at radius 3 is 2.35 bits per heavy atom. The molecule has 1 aromatic heterocycles. The highest BCUT2D eigenvalue weighted by molar-refractivity contribution is 7.13. The van der Waals surface area contributed by atoms with Gasteiger partial charge >= 0.3 is 0 Å². The smallest absolute Gasteiger partial charge is 0.294 e. The van der Waals surface area contributed by atoms with Crippen LogP contribution < -0.4 is 4.74 Å². The van der Waals surface area contributed by atoms with Gasteiger partial charge in [0, 0.05) is 18.6 Å². The monoisotopic (exact) mass is 277 g/mol. The van der Waals surface area contributed by atoms with Crippen LogP contribution in [-0.2, 0) is 5.88 Å². The third kappa shape index (κ3) is 4.77. The normalized spacial score (nSPS) is 11.8. The maximum atomic E-state index is 5.65. The Kier molecular flexibility index (Phi) is 6.16. The van der Waals surface area contributed by atoms with Crippen molar-refractivity contribution in [1.82, 2.24) is 15.1 Å². The summed E-state index contributed by atoms with van der Waals surface area (Å²) in [6.07, 6.45) is 0. The zero-order valence-corrected chi connectivity index (χ0v) is 12.4. The minimum Gasteiger partial charge on any atom is -0.468 e. The van der Waals surface area contributed by atoms with Crippen molar-refractivity contribution in [2.75, 3.05) is 13.2 Å². The quantitative estimate of drug-likeness (QED) is 0.719. The number of halogens is 1. The van der Waals surface area contributed by atoms with Gasteiger partial charge in [0.2, 0.25) is 0 Å². The third-order valence-corrected chi connectivity index (χ3v) is 3.71. The first-order valence-electron chi connectivity index (χ1n) is 5.81. The van der Waals surface area contributed by atoms with Crippen molar-refractivity contribution in [2.24, 2.45) is 0 Å². The second-order valence-corrected chi connectivity index (χ2v) is 5.66. The van der Waals surface area contributed by atoms with E-state index in [-0.39, 0.29) is 0 Å². The van der Waals surface area contributed by atoms with Crippen LogP contribution >= 0.6 is 22.9 Å². The van der Waals surface area contributed by atoms with Crippen LogP contribution in [0.3, 0.4) is 0 Å². The van der Waals surface area contributed by atoms with Crippen molar-refractivity contribution >= 4 is 22.9 Å². The third-order valence-electron chi connectivity index (χ3n) is 2.46. The van der Waals surface area contributed by atoms with Crippen molar-refractivity contribution in [3.8, 4) is 5.19 Å². The van der Waals surface area contributed by atoms with Gasteiger partial charge in [-0.2, -0.15) is 0 Å². The van der Waals surface area contributed by atoms with Gasteiger partial charge in [0.15, 0.2) is 0 Å². The van der Waals surface area contributed by atoms with Crippen molar-refractivity contribution in [3.63, 3.8) is 0 Å². The SMILES string of the molecule is CC(C)N(CCOc1nnc(CCl)s1)C(C)C. The Hall–Kier alpha value is -0.390. The van der Waals surface area contributed by atoms with Gasteiger partial charge in [-0.15, -0.1) is 21.8 Å². The van der Waals surface area contributed by atoms with E-state index in [4.69, 9.17) is 16.3 Å². The van der Waals surface area contributed by atoms with Crippen LogP contribution in [0.2, 0.25) is 0 Å². The van der Waals surface area contributed by atoms with E-state index in [0.717, 1.165) is 11.6 Å². The second-order valence-electron chi connectivity index (χ2n) is 4.37. The van der Waals surface area contributed by atoms with Crippen LogP contribution in [0, 0.1) is 0 Å². The standard InChI is InChI=1S/C11H20ClN3OS/c1-8(2)15(9(3)4)5-6-16-11-14-13-10(7-12)17-11/h8-9H,5-7H2,1-4H3. The highest BCUT2D eigenvalue weighted by atomic mass is 35.5. The summed E-state index contributed by atoms with van der Waals surface area (Å²) in [7, 11) is 0. The molecule has 0 saturated carbocycles. The molecule has 0 bridgehead atoms. The minimum absolute atomic E-state index is 0.394. The zero-order valence-electron chi connectivity index (χ0n) is 10.8. The van der Waals surface area contributed by atoms with Crippen LogP contribution in [0.15, 0.2) is 0 Å². The highest BCUT2D eigenvalue weighted by Gasteiger charge is 2.13. The first-order chi connectivity index (χ1) is 8.04. The molecule has 1 rings (SSSR count). The van der Waals surface area contributed by atoms with Gasteiger partial charge < -0.3 is 4.74 Å². The van der Waals surface area contributed by atoms with E-state index in [1.165, 1.54) is 11.3 Å². The van der Waals surface area contributed by atoms with Crippen molar-refractivity contribution < 1.29 is 4.74 Å². The average molecular weight is 278 g/mol. The molecule has 0 amide bonds. The lowest BCUT2D eigenvalue weighted by Gasteiger charge is -2.29. The average Bonchev–Trinajstić information content (AvgIpc) is 2.71. The Morgan fingerprint density at radius 1 is 1.24 bits per heavy atom. The predicted octanol–water partition coefficient (Wildman–Crippen LogP) is 2.77. The maximum Gasteiger partial charge on any atom is 0.294 e. The topological polar surface area (TPSA) is 38.2 Å². The van der Waals surface area contributed by atoms with Gasteiger partial charge in [-0.1, -0.05) is 11.3 Å². The number of rotatable bonds is 7. The Labute approximate surface area is 112 Å². The first-order valence-corrected chi connectivity index (χ1v) is 7.16. The predicted molar refractivity (Wildman–Crippen MR) is 71.9 cm³/mol. The molecule has 17 heavy (non-hydrogen) atoms. The molecule has 0 aromatic carbocycles. The lowest BCUT2D eigenvalue weighted by Crippen LogP contribution is -2.39. The van der Waals surface area contributed by atoms with Gasteiger partial charge in [0.05, 0.1) is 5.88 Å². The van der Waals surface area contributed by atoms with Crippen LogP contribution in [0.4, 0.5) is 0 Å². The minimum atomic E-state index is 0.394. The molecule has 0 N–H and O–H groups in total. The summed E-state index contributed by atoms with van der Waals surface area (Å²) in [5.41, 5.74) is 0. The van der Waals surface area contributed by atoms with E-state index in [9.17, 15) is 0 Å². The summed E-state index contributed by atoms with van der Waals surface area (Å²) in [5, 5.41) is 9.22. The zero-order chi connectivity index (χ0) is 12.8. The molecule has 4 nitrogen and oxygen atoms in total. The number of ether oxygens (including phenoxy) is 1. The van der Waals surface area contributed by atoms with E-state index in [1.807, 2.05) is 0 Å². The van der Waals surface area contributed by atoms with Crippen molar-refractivity contribution in [3.05, 3.63) is 5.01 Å². The molecule has 1 aromatic rings. The number of hydrogen-bond acceptors (Lipinski definition) is 5. The molecule has 0 spiro atoms. The molecule has 0 fully saturated rings. The molecule has 0 atom stereocenters. The van der Waals surface area contributed by atoms with E-state index < -0.39 is 0 Å². The Balaban J connectivity index is 2.35. The molecule has 0 unspecified atom stereocenters. The van der Waals surface area contributed by atoms with Gasteiger partial charge in [-0.3, -0.25) is 4.90 Å². The molecule has 0 saturated heterocycles. The summed E-state index contributed by atoms with van der Waals surface area (Å²) in [6, 6.07) is 1.04. The fourth-order valence-electron chi connectivity index (χ4n) is 1.70. The molecule has 6 heteroatoms. The number of alkyl halides is 1. The summed E-state index contributed by atoms with van der Waals surface area (Å²) in [5.74, 6) is 0.394.